The van der Waals surface area contributed by atoms with Gasteiger partial charge in [-0.1, -0.05) is 23.8 Å². The first-order valence-electron chi connectivity index (χ1n) is 8.90. The molecule has 2 aromatic rings. The monoisotopic (exact) mass is 402 g/mol. The molecule has 28 heavy (non-hydrogen) atoms. The van der Waals surface area contributed by atoms with Crippen molar-refractivity contribution in [3.05, 3.63) is 59.2 Å². The van der Waals surface area contributed by atoms with Crippen molar-refractivity contribution in [2.45, 2.75) is 18.7 Å². The van der Waals surface area contributed by atoms with E-state index in [1.165, 1.54) is 34.3 Å². The maximum atomic E-state index is 12.9. The van der Waals surface area contributed by atoms with Gasteiger partial charge in [0, 0.05) is 31.7 Å². The lowest BCUT2D eigenvalue weighted by Crippen LogP contribution is -2.50. The van der Waals surface area contributed by atoms with Crippen LogP contribution >= 0.6 is 0 Å². The molecule has 0 unspecified atom stereocenters. The summed E-state index contributed by atoms with van der Waals surface area (Å²) in [4.78, 5) is 25.8. The zero-order valence-corrected chi connectivity index (χ0v) is 16.6. The quantitative estimate of drug-likeness (QED) is 0.790. The number of aryl methyl sites for hydroxylation is 1. The summed E-state index contributed by atoms with van der Waals surface area (Å²) in [7, 11) is -3.75. The molecule has 0 aromatic heterocycles. The Morgan fingerprint density at radius 1 is 1.00 bits per heavy atom. The Bertz CT molecular complexity index is 1020. The van der Waals surface area contributed by atoms with Crippen molar-refractivity contribution >= 4 is 21.7 Å². The van der Waals surface area contributed by atoms with Crippen LogP contribution in [0.25, 0.3) is 0 Å². The molecule has 3 rings (SSSR count). The number of carbonyl (C=O) groups is 2. The van der Waals surface area contributed by atoms with E-state index in [0.29, 0.717) is 5.56 Å². The fraction of sp³-hybridized carbons (Fsp3) is 0.300. The molecule has 0 spiro atoms. The van der Waals surface area contributed by atoms with Crippen LogP contribution in [-0.2, 0) is 10.0 Å². The smallest absolute Gasteiger partial charge is 0.257 e. The van der Waals surface area contributed by atoms with Gasteiger partial charge in [-0.05, 0) is 38.1 Å². The fourth-order valence-corrected chi connectivity index (χ4v) is 4.62. The normalized spacial score (nSPS) is 15.4. The number of benzene rings is 2. The first-order chi connectivity index (χ1) is 13.2. The van der Waals surface area contributed by atoms with Crippen LogP contribution in [0.2, 0.25) is 0 Å². The van der Waals surface area contributed by atoms with Crippen LogP contribution in [0, 0.1) is 6.92 Å². The summed E-state index contributed by atoms with van der Waals surface area (Å²) in [5.41, 5.74) is 1.41. The molecule has 148 valence electrons. The Morgan fingerprint density at radius 2 is 1.68 bits per heavy atom. The molecule has 1 aliphatic heterocycles. The van der Waals surface area contributed by atoms with Crippen LogP contribution in [0.5, 0.6) is 5.75 Å². The molecule has 0 atom stereocenters. The fourth-order valence-electron chi connectivity index (χ4n) is 3.15. The second kappa shape index (κ2) is 7.73. The first-order valence-corrected chi connectivity index (χ1v) is 10.3. The van der Waals surface area contributed by atoms with Gasteiger partial charge >= 0.3 is 0 Å². The van der Waals surface area contributed by atoms with Gasteiger partial charge in [-0.25, -0.2) is 8.42 Å². The molecule has 0 saturated carbocycles. The maximum Gasteiger partial charge on any atom is 0.257 e. The van der Waals surface area contributed by atoms with Gasteiger partial charge in [0.05, 0.1) is 10.5 Å². The topological polar surface area (TPSA) is 95.0 Å². The molecule has 1 aliphatic rings. The largest absolute Gasteiger partial charge is 0.507 e. The van der Waals surface area contributed by atoms with Crippen LogP contribution in [0.1, 0.15) is 33.2 Å². The van der Waals surface area contributed by atoms with E-state index in [1.54, 1.807) is 24.3 Å². The minimum Gasteiger partial charge on any atom is -0.507 e. The summed E-state index contributed by atoms with van der Waals surface area (Å²) in [6, 6.07) is 10.8. The number of carbonyl (C=O) groups excluding carboxylic acids is 2. The predicted octanol–water partition coefficient (Wildman–Crippen LogP) is 2.05. The van der Waals surface area contributed by atoms with Gasteiger partial charge < -0.3 is 10.0 Å². The lowest BCUT2D eigenvalue weighted by Gasteiger charge is -2.34. The summed E-state index contributed by atoms with van der Waals surface area (Å²) < 4.78 is 27.1. The summed E-state index contributed by atoms with van der Waals surface area (Å²) in [6.07, 6.45) is 0. The van der Waals surface area contributed by atoms with E-state index in [4.69, 9.17) is 0 Å². The molecule has 7 nitrogen and oxygen atoms in total. The average Bonchev–Trinajstić information content (AvgIpc) is 2.69. The second-order valence-electron chi connectivity index (χ2n) is 6.80. The van der Waals surface area contributed by atoms with Gasteiger partial charge in [-0.15, -0.1) is 0 Å². The molecule has 8 heteroatoms. The Kier molecular flexibility index (Phi) is 5.53. The average molecular weight is 402 g/mol. The van der Waals surface area contributed by atoms with E-state index >= 15 is 0 Å². The Balaban J connectivity index is 1.74. The van der Waals surface area contributed by atoms with Gasteiger partial charge in [-0.3, -0.25) is 9.59 Å². The van der Waals surface area contributed by atoms with Crippen molar-refractivity contribution in [1.82, 2.24) is 9.21 Å². The molecule has 0 radical (unpaired) electrons. The van der Waals surface area contributed by atoms with Crippen molar-refractivity contribution in [2.24, 2.45) is 0 Å². The lowest BCUT2D eigenvalue weighted by molar-refractivity contribution is 0.0694. The molecule has 0 aliphatic carbocycles. The summed E-state index contributed by atoms with van der Waals surface area (Å²) >= 11 is 0. The number of nitrogens with zero attached hydrogens (tertiary/aromatic N) is 2. The van der Waals surface area contributed by atoms with Gasteiger partial charge in [0.15, 0.2) is 5.78 Å². The summed E-state index contributed by atoms with van der Waals surface area (Å²) in [5, 5.41) is 9.96. The molecule has 1 saturated heterocycles. The Hall–Kier alpha value is -2.71. The number of aromatic hydroxyl groups is 1. The highest BCUT2D eigenvalue weighted by Gasteiger charge is 2.31. The van der Waals surface area contributed by atoms with E-state index in [9.17, 15) is 23.1 Å². The number of phenolic OH excluding ortho intramolecular Hbond substituents is 1. The molecule has 1 N–H and O–H groups in total. The van der Waals surface area contributed by atoms with Crippen molar-refractivity contribution < 1.29 is 23.1 Å². The number of Topliss-reactive ketones (excluding diaryl/α,β-unsaturated/α-hetero) is 1. The molecule has 2 aromatic carbocycles. The number of hydrogen-bond acceptors (Lipinski definition) is 5. The molecule has 1 fully saturated rings. The van der Waals surface area contributed by atoms with Crippen molar-refractivity contribution in [3.63, 3.8) is 0 Å². The number of hydrogen-bond donors (Lipinski definition) is 1. The molecule has 1 amide bonds. The highest BCUT2D eigenvalue weighted by atomic mass is 32.2. The van der Waals surface area contributed by atoms with E-state index in [2.05, 4.69) is 0 Å². The van der Waals surface area contributed by atoms with E-state index in [1.807, 2.05) is 6.92 Å². The number of ketones is 1. The Labute approximate surface area is 164 Å². The van der Waals surface area contributed by atoms with Crippen LogP contribution < -0.4 is 0 Å². The third kappa shape index (κ3) is 3.93. The van der Waals surface area contributed by atoms with E-state index in [-0.39, 0.29) is 54.1 Å². The molecule has 1 heterocycles. The van der Waals surface area contributed by atoms with Gasteiger partial charge in [-0.2, -0.15) is 4.31 Å². The number of phenols is 1. The van der Waals surface area contributed by atoms with Crippen LogP contribution in [0.3, 0.4) is 0 Å². The van der Waals surface area contributed by atoms with Gasteiger partial charge in [0.1, 0.15) is 5.75 Å². The number of sulfonamides is 1. The summed E-state index contributed by atoms with van der Waals surface area (Å²) in [6.45, 7) is 3.94. The Morgan fingerprint density at radius 3 is 2.32 bits per heavy atom. The zero-order chi connectivity index (χ0) is 20.5. The number of amides is 1. The molecular weight excluding hydrogens is 380 g/mol. The van der Waals surface area contributed by atoms with E-state index in [0.717, 1.165) is 5.56 Å². The van der Waals surface area contributed by atoms with Crippen LogP contribution in [0.15, 0.2) is 47.4 Å². The summed E-state index contributed by atoms with van der Waals surface area (Å²) in [5.74, 6) is -0.617. The molecule has 0 bridgehead atoms. The maximum absolute atomic E-state index is 12.9. The van der Waals surface area contributed by atoms with Crippen LogP contribution in [0.4, 0.5) is 0 Å². The van der Waals surface area contributed by atoms with Gasteiger partial charge in [0.25, 0.3) is 5.91 Å². The number of rotatable bonds is 4. The predicted molar refractivity (Wildman–Crippen MR) is 104 cm³/mol. The van der Waals surface area contributed by atoms with Crippen molar-refractivity contribution in [2.75, 3.05) is 26.2 Å². The van der Waals surface area contributed by atoms with Crippen molar-refractivity contribution in [3.8, 4) is 5.75 Å². The highest BCUT2D eigenvalue weighted by molar-refractivity contribution is 7.89. The third-order valence-electron chi connectivity index (χ3n) is 4.79. The minimum atomic E-state index is -3.75. The van der Waals surface area contributed by atoms with E-state index < -0.39 is 10.0 Å². The highest BCUT2D eigenvalue weighted by Crippen LogP contribution is 2.23. The standard InChI is InChI=1S/C20H22N2O5S/c1-14-6-7-19(24)18(12-14)20(25)21-8-10-22(11-9-21)28(26,27)17-5-3-4-16(13-17)15(2)23/h3-7,12-13,24H,8-11H2,1-2H3. The number of piperazine rings is 1. The molecular formula is C20H22N2O5S. The second-order valence-corrected chi connectivity index (χ2v) is 8.74. The SMILES string of the molecule is CC(=O)c1cccc(S(=O)(=O)N2CCN(C(=O)c3cc(C)ccc3O)CC2)c1. The first kappa shape index (κ1) is 20.0. The third-order valence-corrected chi connectivity index (χ3v) is 6.68. The van der Waals surface area contributed by atoms with Gasteiger partial charge in [0.2, 0.25) is 10.0 Å². The minimum absolute atomic E-state index is 0.0660. The lowest BCUT2D eigenvalue weighted by atomic mass is 10.1. The van der Waals surface area contributed by atoms with Crippen LogP contribution in [-0.4, -0.2) is 60.6 Å². The zero-order valence-electron chi connectivity index (χ0n) is 15.8. The van der Waals surface area contributed by atoms with Crippen molar-refractivity contribution in [1.29, 1.82) is 0 Å².